The number of morpholine rings is 1. The summed E-state index contributed by atoms with van der Waals surface area (Å²) in [7, 11) is 0. The normalized spacial score (nSPS) is 21.0. The van der Waals surface area contributed by atoms with Crippen molar-refractivity contribution in [2.24, 2.45) is 0 Å². The van der Waals surface area contributed by atoms with Crippen LogP contribution in [0, 0.1) is 11.6 Å². The number of halogens is 2. The molecule has 7 heteroatoms. The number of benzene rings is 1. The van der Waals surface area contributed by atoms with Crippen LogP contribution in [0.25, 0.3) is 0 Å². The van der Waals surface area contributed by atoms with E-state index in [1.165, 1.54) is 25.0 Å². The van der Waals surface area contributed by atoms with Crippen LogP contribution in [0.15, 0.2) is 30.6 Å². The first-order valence-electron chi connectivity index (χ1n) is 8.59. The maximum atomic E-state index is 14.1. The Morgan fingerprint density at radius 3 is 2.48 bits per heavy atom. The minimum Gasteiger partial charge on any atom is -0.370 e. The topological polar surface area (TPSA) is 41.5 Å². The van der Waals surface area contributed by atoms with Gasteiger partial charge in [0.2, 0.25) is 0 Å². The van der Waals surface area contributed by atoms with E-state index in [1.807, 2.05) is 6.07 Å². The zero-order valence-electron chi connectivity index (χ0n) is 13.9. The quantitative estimate of drug-likeness (QED) is 0.855. The molecule has 25 heavy (non-hydrogen) atoms. The van der Waals surface area contributed by atoms with Gasteiger partial charge in [0.05, 0.1) is 6.61 Å². The van der Waals surface area contributed by atoms with E-state index in [4.69, 9.17) is 4.74 Å². The number of aromatic nitrogens is 2. The lowest BCUT2D eigenvalue weighted by Gasteiger charge is -2.34. The summed E-state index contributed by atoms with van der Waals surface area (Å²) >= 11 is 0. The van der Waals surface area contributed by atoms with E-state index in [-0.39, 0.29) is 0 Å². The lowest BCUT2D eigenvalue weighted by molar-refractivity contribution is 0.0372. The molecule has 0 aliphatic carbocycles. The Balaban J connectivity index is 1.54. The summed E-state index contributed by atoms with van der Waals surface area (Å²) < 4.78 is 32.9. The molecule has 132 valence electrons. The highest BCUT2D eigenvalue weighted by Gasteiger charge is 2.26. The number of anilines is 2. The van der Waals surface area contributed by atoms with Gasteiger partial charge in [0.1, 0.15) is 35.7 Å². The fraction of sp³-hybridized carbons (Fsp3) is 0.444. The number of ether oxygens (including phenoxy) is 1. The maximum absolute atomic E-state index is 14.1. The highest BCUT2D eigenvalue weighted by Crippen LogP contribution is 2.28. The van der Waals surface area contributed by atoms with Crippen molar-refractivity contribution in [3.63, 3.8) is 0 Å². The molecule has 0 amide bonds. The first kappa shape index (κ1) is 16.2. The average molecular weight is 346 g/mol. The van der Waals surface area contributed by atoms with Crippen molar-refractivity contribution < 1.29 is 13.5 Å². The average Bonchev–Trinajstić information content (AvgIpc) is 3.17. The first-order chi connectivity index (χ1) is 12.2. The third-order valence-electron chi connectivity index (χ3n) is 4.77. The van der Waals surface area contributed by atoms with Gasteiger partial charge < -0.3 is 14.5 Å². The smallest absolute Gasteiger partial charge is 0.134 e. The molecule has 4 rings (SSSR count). The Kier molecular flexibility index (Phi) is 4.48. The molecule has 0 bridgehead atoms. The van der Waals surface area contributed by atoms with Gasteiger partial charge in [0.15, 0.2) is 0 Å². The van der Waals surface area contributed by atoms with Gasteiger partial charge >= 0.3 is 0 Å². The van der Waals surface area contributed by atoms with Gasteiger partial charge in [-0.3, -0.25) is 0 Å². The second kappa shape index (κ2) is 6.92. The molecule has 1 atom stereocenters. The Labute approximate surface area is 145 Å². The molecule has 2 aromatic rings. The highest BCUT2D eigenvalue weighted by molar-refractivity contribution is 5.51. The molecular formula is C18H20F2N4O. The zero-order chi connectivity index (χ0) is 17.2. The molecule has 2 aliphatic rings. The predicted molar refractivity (Wildman–Crippen MR) is 90.7 cm³/mol. The molecule has 5 nitrogen and oxygen atoms in total. The summed E-state index contributed by atoms with van der Waals surface area (Å²) in [5.41, 5.74) is 0.375. The van der Waals surface area contributed by atoms with Crippen LogP contribution in [0.4, 0.5) is 20.4 Å². The lowest BCUT2D eigenvalue weighted by atomic mass is 10.1. The fourth-order valence-electron chi connectivity index (χ4n) is 3.44. The van der Waals surface area contributed by atoms with E-state index in [1.54, 1.807) is 6.33 Å². The molecule has 3 heterocycles. The van der Waals surface area contributed by atoms with Crippen molar-refractivity contribution in [3.05, 3.63) is 47.8 Å². The summed E-state index contributed by atoms with van der Waals surface area (Å²) in [5, 5.41) is 0. The number of nitrogens with zero attached hydrogens (tertiary/aromatic N) is 4. The fourth-order valence-corrected chi connectivity index (χ4v) is 3.44. The molecule has 2 saturated heterocycles. The Hall–Kier alpha value is -2.28. The third-order valence-corrected chi connectivity index (χ3v) is 4.77. The van der Waals surface area contributed by atoms with Gasteiger partial charge in [-0.25, -0.2) is 18.7 Å². The molecule has 2 aliphatic heterocycles. The molecule has 1 aromatic carbocycles. The van der Waals surface area contributed by atoms with E-state index in [2.05, 4.69) is 19.8 Å². The first-order valence-corrected chi connectivity index (χ1v) is 8.59. The van der Waals surface area contributed by atoms with Gasteiger partial charge in [0.25, 0.3) is 0 Å². The highest BCUT2D eigenvalue weighted by atomic mass is 19.1. The summed E-state index contributed by atoms with van der Waals surface area (Å²) in [5.74, 6) is 0.582. The molecule has 0 radical (unpaired) electrons. The minimum absolute atomic E-state index is 0.375. The largest absolute Gasteiger partial charge is 0.370 e. The van der Waals surface area contributed by atoms with Gasteiger partial charge in [-0.15, -0.1) is 0 Å². The maximum Gasteiger partial charge on any atom is 0.134 e. The lowest BCUT2D eigenvalue weighted by Crippen LogP contribution is -2.39. The van der Waals surface area contributed by atoms with Crippen molar-refractivity contribution in [2.75, 3.05) is 42.6 Å². The van der Waals surface area contributed by atoms with Crippen molar-refractivity contribution in [1.82, 2.24) is 9.97 Å². The van der Waals surface area contributed by atoms with Gasteiger partial charge in [-0.2, -0.15) is 0 Å². The third kappa shape index (κ3) is 3.42. The minimum atomic E-state index is -0.583. The Bertz CT molecular complexity index is 752. The Morgan fingerprint density at radius 2 is 1.72 bits per heavy atom. The standard InChI is InChI=1S/C18H20F2N4O/c19-13-3-4-14(15(20)9-13)16-11-24(7-8-25-16)18-10-17(21-12-22-18)23-5-1-2-6-23/h3-4,9-10,12,16H,1-2,5-8,11H2. The number of rotatable bonds is 3. The van der Waals surface area contributed by atoms with E-state index in [0.717, 1.165) is 30.8 Å². The van der Waals surface area contributed by atoms with E-state index >= 15 is 0 Å². The van der Waals surface area contributed by atoms with Crippen LogP contribution in [0.3, 0.4) is 0 Å². The molecule has 0 saturated carbocycles. The molecule has 1 unspecified atom stereocenters. The van der Waals surface area contributed by atoms with Crippen LogP contribution < -0.4 is 9.80 Å². The van der Waals surface area contributed by atoms with Crippen LogP contribution in [0.2, 0.25) is 0 Å². The summed E-state index contributed by atoms with van der Waals surface area (Å²) in [6.45, 7) is 3.64. The van der Waals surface area contributed by atoms with E-state index in [9.17, 15) is 8.78 Å². The Morgan fingerprint density at radius 1 is 0.960 bits per heavy atom. The van der Waals surface area contributed by atoms with Crippen LogP contribution in [0.5, 0.6) is 0 Å². The molecule has 0 N–H and O–H groups in total. The number of hydrogen-bond acceptors (Lipinski definition) is 5. The second-order valence-electron chi connectivity index (χ2n) is 6.40. The summed E-state index contributed by atoms with van der Waals surface area (Å²) in [6, 6.07) is 5.59. The van der Waals surface area contributed by atoms with E-state index < -0.39 is 17.7 Å². The summed E-state index contributed by atoms with van der Waals surface area (Å²) in [6.07, 6.45) is 3.50. The van der Waals surface area contributed by atoms with Crippen LogP contribution >= 0.6 is 0 Å². The predicted octanol–water partition coefficient (Wildman–Crippen LogP) is 2.93. The molecular weight excluding hydrogens is 326 g/mol. The summed E-state index contributed by atoms with van der Waals surface area (Å²) in [4.78, 5) is 13.1. The molecule has 0 spiro atoms. The van der Waals surface area contributed by atoms with Crippen molar-refractivity contribution in [1.29, 1.82) is 0 Å². The number of hydrogen-bond donors (Lipinski definition) is 0. The van der Waals surface area contributed by atoms with Crippen LogP contribution in [-0.2, 0) is 4.74 Å². The van der Waals surface area contributed by atoms with Crippen LogP contribution in [0.1, 0.15) is 24.5 Å². The van der Waals surface area contributed by atoms with Gasteiger partial charge in [0, 0.05) is 43.9 Å². The zero-order valence-corrected chi connectivity index (χ0v) is 13.9. The second-order valence-corrected chi connectivity index (χ2v) is 6.40. The van der Waals surface area contributed by atoms with Crippen molar-refractivity contribution >= 4 is 11.6 Å². The molecule has 1 aromatic heterocycles. The van der Waals surface area contributed by atoms with E-state index in [0.29, 0.717) is 25.3 Å². The van der Waals surface area contributed by atoms with Gasteiger partial charge in [-0.1, -0.05) is 6.07 Å². The van der Waals surface area contributed by atoms with Gasteiger partial charge in [-0.05, 0) is 18.9 Å². The monoisotopic (exact) mass is 346 g/mol. The molecule has 2 fully saturated rings. The van der Waals surface area contributed by atoms with Crippen LogP contribution in [-0.4, -0.2) is 42.8 Å². The van der Waals surface area contributed by atoms with Crippen molar-refractivity contribution in [2.45, 2.75) is 18.9 Å². The van der Waals surface area contributed by atoms with Crippen molar-refractivity contribution in [3.8, 4) is 0 Å². The SMILES string of the molecule is Fc1ccc(C2CN(c3cc(N4CCCC4)ncn3)CCO2)c(F)c1.